The predicted molar refractivity (Wildman–Crippen MR) is 38.5 cm³/mol. The summed E-state index contributed by atoms with van der Waals surface area (Å²) >= 11 is 0. The van der Waals surface area contributed by atoms with E-state index in [2.05, 4.69) is 0 Å². The molecule has 1 amide bonds. The van der Waals surface area contributed by atoms with E-state index in [-0.39, 0.29) is 5.91 Å². The Morgan fingerprint density at radius 2 is 2.00 bits per heavy atom. The van der Waals surface area contributed by atoms with Crippen LogP contribution in [0.1, 0.15) is 26.2 Å². The smallest absolute Gasteiger partial charge is 0.219 e. The summed E-state index contributed by atoms with van der Waals surface area (Å²) in [7, 11) is 0. The second kappa shape index (κ2) is 1.74. The summed E-state index contributed by atoms with van der Waals surface area (Å²) in [6.07, 6.45) is 4.10. The third-order valence-corrected chi connectivity index (χ3v) is 2.91. The number of rotatable bonds is 0. The maximum Gasteiger partial charge on any atom is 0.219 e. The van der Waals surface area contributed by atoms with E-state index in [1.807, 2.05) is 4.90 Å². The van der Waals surface area contributed by atoms with Crippen LogP contribution in [0.25, 0.3) is 0 Å². The highest BCUT2D eigenvalue weighted by Crippen LogP contribution is 2.47. The molecular formula is C8H13NO. The van der Waals surface area contributed by atoms with Crippen molar-refractivity contribution in [1.29, 1.82) is 0 Å². The van der Waals surface area contributed by atoms with Gasteiger partial charge < -0.3 is 4.90 Å². The van der Waals surface area contributed by atoms with Crippen molar-refractivity contribution in [3.05, 3.63) is 0 Å². The van der Waals surface area contributed by atoms with Crippen LogP contribution in [-0.4, -0.2) is 23.9 Å². The predicted octanol–water partition coefficient (Wildman–Crippen LogP) is 1.02. The standard InChI is InChI=1S/C8H13NO/c1-7(10)9-5-8(6-9)3-2-4-8/h2-6H2,1H3. The van der Waals surface area contributed by atoms with Crippen LogP contribution in [-0.2, 0) is 4.79 Å². The molecule has 10 heavy (non-hydrogen) atoms. The van der Waals surface area contributed by atoms with Gasteiger partial charge in [-0.05, 0) is 12.8 Å². The lowest BCUT2D eigenvalue weighted by atomic mass is 9.63. The molecule has 2 fully saturated rings. The first-order chi connectivity index (χ1) is 4.72. The molecule has 1 heterocycles. The molecule has 1 spiro atoms. The molecule has 1 saturated carbocycles. The summed E-state index contributed by atoms with van der Waals surface area (Å²) in [5, 5.41) is 0. The molecule has 56 valence electrons. The van der Waals surface area contributed by atoms with Gasteiger partial charge in [-0.2, -0.15) is 0 Å². The van der Waals surface area contributed by atoms with E-state index in [4.69, 9.17) is 0 Å². The van der Waals surface area contributed by atoms with Crippen molar-refractivity contribution in [1.82, 2.24) is 4.90 Å². The first-order valence-electron chi connectivity index (χ1n) is 3.97. The fraction of sp³-hybridized carbons (Fsp3) is 0.875. The maximum atomic E-state index is 10.8. The van der Waals surface area contributed by atoms with Gasteiger partial charge in [0, 0.05) is 25.4 Å². The number of likely N-dealkylation sites (tertiary alicyclic amines) is 1. The molecule has 0 radical (unpaired) electrons. The molecule has 0 bridgehead atoms. The van der Waals surface area contributed by atoms with Crippen LogP contribution in [0.2, 0.25) is 0 Å². The van der Waals surface area contributed by atoms with E-state index in [0.717, 1.165) is 13.1 Å². The normalized spacial score (nSPS) is 27.5. The van der Waals surface area contributed by atoms with Crippen molar-refractivity contribution >= 4 is 5.91 Å². The molecule has 2 rings (SSSR count). The van der Waals surface area contributed by atoms with E-state index in [1.165, 1.54) is 19.3 Å². The van der Waals surface area contributed by atoms with Crippen molar-refractivity contribution in [3.63, 3.8) is 0 Å². The van der Waals surface area contributed by atoms with Crippen LogP contribution in [0.3, 0.4) is 0 Å². The van der Waals surface area contributed by atoms with E-state index in [9.17, 15) is 4.79 Å². The molecule has 1 aliphatic carbocycles. The fourth-order valence-electron chi connectivity index (χ4n) is 1.98. The van der Waals surface area contributed by atoms with Crippen molar-refractivity contribution in [2.75, 3.05) is 13.1 Å². The number of nitrogens with zero attached hydrogens (tertiary/aromatic N) is 1. The van der Waals surface area contributed by atoms with Gasteiger partial charge in [-0.15, -0.1) is 0 Å². The number of hydrogen-bond acceptors (Lipinski definition) is 1. The monoisotopic (exact) mass is 139 g/mol. The molecule has 2 heteroatoms. The first-order valence-corrected chi connectivity index (χ1v) is 3.97. The lowest BCUT2D eigenvalue weighted by Gasteiger charge is -2.55. The quantitative estimate of drug-likeness (QED) is 0.490. The summed E-state index contributed by atoms with van der Waals surface area (Å²) < 4.78 is 0. The molecule has 0 unspecified atom stereocenters. The Hall–Kier alpha value is -0.530. The molecule has 0 atom stereocenters. The Bertz CT molecular complexity index is 164. The highest BCUT2D eigenvalue weighted by molar-refractivity contribution is 5.74. The van der Waals surface area contributed by atoms with Crippen molar-refractivity contribution in [2.24, 2.45) is 5.41 Å². The molecule has 0 N–H and O–H groups in total. The summed E-state index contributed by atoms with van der Waals surface area (Å²) in [5.74, 6) is 0.248. The van der Waals surface area contributed by atoms with Crippen molar-refractivity contribution in [2.45, 2.75) is 26.2 Å². The van der Waals surface area contributed by atoms with Crippen LogP contribution in [0, 0.1) is 5.41 Å². The number of carbonyl (C=O) groups is 1. The minimum absolute atomic E-state index is 0.248. The first kappa shape index (κ1) is 6.20. The lowest BCUT2D eigenvalue weighted by Crippen LogP contribution is -2.60. The van der Waals surface area contributed by atoms with E-state index >= 15 is 0 Å². The van der Waals surface area contributed by atoms with Crippen LogP contribution < -0.4 is 0 Å². The Labute approximate surface area is 61.2 Å². The third-order valence-electron chi connectivity index (χ3n) is 2.91. The van der Waals surface area contributed by atoms with Crippen LogP contribution in [0.5, 0.6) is 0 Å². The second-order valence-corrected chi connectivity index (χ2v) is 3.73. The lowest BCUT2D eigenvalue weighted by molar-refractivity contribution is -0.147. The summed E-state index contributed by atoms with van der Waals surface area (Å²) in [5.41, 5.74) is 0.603. The van der Waals surface area contributed by atoms with E-state index in [1.54, 1.807) is 6.92 Å². The largest absolute Gasteiger partial charge is 0.342 e. The van der Waals surface area contributed by atoms with Gasteiger partial charge in [0.2, 0.25) is 5.91 Å². The molecule has 0 aromatic rings. The molecule has 0 aromatic carbocycles. The Balaban J connectivity index is 1.88. The molecule has 0 aromatic heterocycles. The van der Waals surface area contributed by atoms with E-state index < -0.39 is 0 Å². The van der Waals surface area contributed by atoms with Crippen LogP contribution in [0.4, 0.5) is 0 Å². The van der Waals surface area contributed by atoms with Gasteiger partial charge in [0.05, 0.1) is 0 Å². The van der Waals surface area contributed by atoms with Gasteiger partial charge in [0.25, 0.3) is 0 Å². The van der Waals surface area contributed by atoms with Crippen LogP contribution in [0.15, 0.2) is 0 Å². The molecule has 2 nitrogen and oxygen atoms in total. The molecule has 2 aliphatic rings. The summed E-state index contributed by atoms with van der Waals surface area (Å²) in [4.78, 5) is 12.7. The van der Waals surface area contributed by atoms with Gasteiger partial charge in [0.1, 0.15) is 0 Å². The zero-order valence-electron chi connectivity index (χ0n) is 6.39. The number of carbonyl (C=O) groups excluding carboxylic acids is 1. The maximum absolute atomic E-state index is 10.8. The molecule has 1 saturated heterocycles. The van der Waals surface area contributed by atoms with Gasteiger partial charge in [-0.25, -0.2) is 0 Å². The van der Waals surface area contributed by atoms with Crippen molar-refractivity contribution in [3.8, 4) is 0 Å². The van der Waals surface area contributed by atoms with Crippen LogP contribution >= 0.6 is 0 Å². The third kappa shape index (κ3) is 0.678. The Morgan fingerprint density at radius 1 is 1.40 bits per heavy atom. The minimum Gasteiger partial charge on any atom is -0.342 e. The SMILES string of the molecule is CC(=O)N1CC2(CCC2)C1. The van der Waals surface area contributed by atoms with E-state index in [0.29, 0.717) is 5.41 Å². The highest BCUT2D eigenvalue weighted by atomic mass is 16.2. The molecular weight excluding hydrogens is 126 g/mol. The fourth-order valence-corrected chi connectivity index (χ4v) is 1.98. The van der Waals surface area contributed by atoms with Gasteiger partial charge >= 0.3 is 0 Å². The topological polar surface area (TPSA) is 20.3 Å². The van der Waals surface area contributed by atoms with Crippen molar-refractivity contribution < 1.29 is 4.79 Å². The number of hydrogen-bond donors (Lipinski definition) is 0. The van der Waals surface area contributed by atoms with Gasteiger partial charge in [-0.1, -0.05) is 6.42 Å². The average molecular weight is 139 g/mol. The average Bonchev–Trinajstić information content (AvgIpc) is 1.54. The Kier molecular flexibility index (Phi) is 1.08. The zero-order chi connectivity index (χ0) is 7.19. The highest BCUT2D eigenvalue weighted by Gasteiger charge is 2.47. The molecule has 1 aliphatic heterocycles. The summed E-state index contributed by atoms with van der Waals surface area (Å²) in [6, 6.07) is 0. The second-order valence-electron chi connectivity index (χ2n) is 3.73. The Morgan fingerprint density at radius 3 is 2.30 bits per heavy atom. The number of amides is 1. The zero-order valence-corrected chi connectivity index (χ0v) is 6.39. The van der Waals surface area contributed by atoms with Gasteiger partial charge in [0.15, 0.2) is 0 Å². The minimum atomic E-state index is 0.248. The summed E-state index contributed by atoms with van der Waals surface area (Å²) in [6.45, 7) is 3.75. The van der Waals surface area contributed by atoms with Gasteiger partial charge in [-0.3, -0.25) is 4.79 Å².